The number of esters is 1. The molecule has 1 aliphatic carbocycles. The maximum Gasteiger partial charge on any atom is 0.336 e. The van der Waals surface area contributed by atoms with Gasteiger partial charge in [0.2, 0.25) is 12.2 Å². The quantitative estimate of drug-likeness (QED) is 0.866. The molecule has 0 radical (unpaired) electrons. The molecule has 3 aliphatic rings. The van der Waals surface area contributed by atoms with Crippen molar-refractivity contribution in [1.82, 2.24) is 5.32 Å². The zero-order chi connectivity index (χ0) is 16.1. The van der Waals surface area contributed by atoms with Gasteiger partial charge < -0.3 is 14.8 Å². The lowest BCUT2D eigenvalue weighted by atomic mass is 9.91. The van der Waals surface area contributed by atoms with Gasteiger partial charge in [-0.3, -0.25) is 4.79 Å². The van der Waals surface area contributed by atoms with Crippen molar-refractivity contribution in [1.29, 1.82) is 0 Å². The number of fused-ring (bicyclic) bond motifs is 3. The Bertz CT molecular complexity index is 723. The number of ether oxygens (including phenoxy) is 2. The van der Waals surface area contributed by atoms with Crippen LogP contribution in [0.15, 0.2) is 35.4 Å². The maximum absolute atomic E-state index is 12.3. The Labute approximate surface area is 134 Å². The fourth-order valence-corrected chi connectivity index (χ4v) is 3.80. The third-order valence-electron chi connectivity index (χ3n) is 5.32. The maximum atomic E-state index is 12.3. The molecule has 120 valence electrons. The number of hydrogen-bond acceptors (Lipinski definition) is 4. The molecule has 0 saturated carbocycles. The van der Waals surface area contributed by atoms with Gasteiger partial charge in [0.15, 0.2) is 0 Å². The van der Waals surface area contributed by atoms with Crippen molar-refractivity contribution >= 4 is 11.9 Å². The molecule has 1 fully saturated rings. The molecule has 0 spiro atoms. The summed E-state index contributed by atoms with van der Waals surface area (Å²) >= 11 is 0. The van der Waals surface area contributed by atoms with Gasteiger partial charge in [-0.25, -0.2) is 4.79 Å². The molecule has 0 bridgehead atoms. The average molecular weight is 313 g/mol. The van der Waals surface area contributed by atoms with E-state index in [1.807, 2.05) is 19.1 Å². The van der Waals surface area contributed by atoms with Crippen LogP contribution < -0.4 is 5.32 Å². The van der Waals surface area contributed by atoms with E-state index in [9.17, 15) is 9.59 Å². The molecule has 1 aromatic carbocycles. The minimum Gasteiger partial charge on any atom is -0.428 e. The summed E-state index contributed by atoms with van der Waals surface area (Å²) in [7, 11) is 0. The van der Waals surface area contributed by atoms with Crippen molar-refractivity contribution < 1.29 is 19.1 Å². The molecular weight excluding hydrogens is 294 g/mol. The van der Waals surface area contributed by atoms with Crippen LogP contribution in [0.2, 0.25) is 0 Å². The summed E-state index contributed by atoms with van der Waals surface area (Å²) in [5.41, 5.74) is 3.90. The van der Waals surface area contributed by atoms with Crippen molar-refractivity contribution in [2.45, 2.75) is 32.6 Å². The summed E-state index contributed by atoms with van der Waals surface area (Å²) in [4.78, 5) is 23.8. The highest BCUT2D eigenvalue weighted by atomic mass is 16.7. The van der Waals surface area contributed by atoms with Gasteiger partial charge in [0.1, 0.15) is 0 Å². The number of hydrogen-bond donors (Lipinski definition) is 1. The van der Waals surface area contributed by atoms with Gasteiger partial charge in [-0.2, -0.15) is 0 Å². The normalized spacial score (nSPS) is 31.9. The van der Waals surface area contributed by atoms with Gasteiger partial charge in [0.25, 0.3) is 0 Å². The highest BCUT2D eigenvalue weighted by molar-refractivity contribution is 5.91. The molecule has 4 atom stereocenters. The molecule has 5 nitrogen and oxygen atoms in total. The molecule has 4 rings (SSSR count). The van der Waals surface area contributed by atoms with E-state index >= 15 is 0 Å². The van der Waals surface area contributed by atoms with E-state index in [4.69, 9.17) is 9.47 Å². The van der Waals surface area contributed by atoms with Gasteiger partial charge in [0, 0.05) is 17.1 Å². The smallest absolute Gasteiger partial charge is 0.336 e. The van der Waals surface area contributed by atoms with E-state index in [1.165, 1.54) is 11.1 Å². The van der Waals surface area contributed by atoms with Crippen LogP contribution in [0.25, 0.3) is 0 Å². The number of carbonyl (C=O) groups excluding carboxylic acids is 2. The van der Waals surface area contributed by atoms with Gasteiger partial charge in [-0.15, -0.1) is 0 Å². The number of cyclic esters (lactones) is 1. The van der Waals surface area contributed by atoms with Crippen LogP contribution in [0.4, 0.5) is 0 Å². The lowest BCUT2D eigenvalue weighted by Gasteiger charge is -2.18. The van der Waals surface area contributed by atoms with Crippen molar-refractivity contribution in [2.75, 3.05) is 6.61 Å². The number of rotatable bonds is 3. The van der Waals surface area contributed by atoms with Crippen LogP contribution in [0.1, 0.15) is 31.0 Å². The molecule has 1 amide bonds. The highest BCUT2D eigenvalue weighted by Crippen LogP contribution is 2.44. The molecule has 1 unspecified atom stereocenters. The number of amides is 1. The Kier molecular flexibility index (Phi) is 3.27. The predicted molar refractivity (Wildman–Crippen MR) is 82.2 cm³/mol. The van der Waals surface area contributed by atoms with E-state index in [0.29, 0.717) is 5.57 Å². The molecule has 1 N–H and O–H groups in total. The van der Waals surface area contributed by atoms with Crippen LogP contribution in [-0.4, -0.2) is 24.8 Å². The fraction of sp³-hybridized carbons (Fsp3) is 0.444. The number of nitrogens with one attached hydrogen (secondary N) is 1. The van der Waals surface area contributed by atoms with Gasteiger partial charge in [-0.1, -0.05) is 24.3 Å². The summed E-state index contributed by atoms with van der Waals surface area (Å²) in [5.74, 6) is -0.311. The fourth-order valence-electron chi connectivity index (χ4n) is 3.80. The molecule has 1 saturated heterocycles. The first-order valence-electron chi connectivity index (χ1n) is 7.94. The third kappa shape index (κ3) is 2.18. The standard InChI is InChI=1S/C18H19NO4/c1-9-10(2)18(23-17(9)21)22-8-14-13-7-11-5-3-4-6-12(11)15(13)19-16(14)20/h3-6,13-15,18H,7-8H2,1-2H3,(H,19,20)/t13-,14?,15-,18+/m1/s1. The van der Waals surface area contributed by atoms with Crippen molar-refractivity contribution in [3.63, 3.8) is 0 Å². The van der Waals surface area contributed by atoms with Gasteiger partial charge in [-0.05, 0) is 31.4 Å². The summed E-state index contributed by atoms with van der Waals surface area (Å²) in [5, 5.41) is 3.09. The minimum atomic E-state index is -0.655. The molecule has 2 heterocycles. The average Bonchev–Trinajstić information content (AvgIpc) is 3.12. The number of benzene rings is 1. The molecule has 2 aliphatic heterocycles. The SMILES string of the molecule is CC1=C(C)[C@@H](OCC2C(=O)N[C@@H]3c4ccccc4C[C@H]23)OC1=O. The molecular formula is C18H19NO4. The van der Waals surface area contributed by atoms with Crippen LogP contribution in [0.5, 0.6) is 0 Å². The topological polar surface area (TPSA) is 64.6 Å². The van der Waals surface area contributed by atoms with Gasteiger partial charge in [0.05, 0.1) is 18.6 Å². The summed E-state index contributed by atoms with van der Waals surface area (Å²) in [6.07, 6.45) is 0.226. The van der Waals surface area contributed by atoms with Crippen LogP contribution in [0.3, 0.4) is 0 Å². The van der Waals surface area contributed by atoms with Crippen LogP contribution in [-0.2, 0) is 25.5 Å². The van der Waals surface area contributed by atoms with E-state index in [1.54, 1.807) is 6.92 Å². The Morgan fingerprint density at radius 2 is 2.04 bits per heavy atom. The first kappa shape index (κ1) is 14.5. The highest BCUT2D eigenvalue weighted by Gasteiger charge is 2.47. The zero-order valence-electron chi connectivity index (χ0n) is 13.2. The van der Waals surface area contributed by atoms with E-state index in [2.05, 4.69) is 17.4 Å². The van der Waals surface area contributed by atoms with Crippen molar-refractivity contribution in [3.8, 4) is 0 Å². The van der Waals surface area contributed by atoms with E-state index in [-0.39, 0.29) is 36.4 Å². The Morgan fingerprint density at radius 3 is 2.78 bits per heavy atom. The molecule has 5 heteroatoms. The lowest BCUT2D eigenvalue weighted by Crippen LogP contribution is -2.28. The van der Waals surface area contributed by atoms with Crippen molar-refractivity contribution in [2.24, 2.45) is 11.8 Å². The summed E-state index contributed by atoms with van der Waals surface area (Å²) < 4.78 is 10.9. The van der Waals surface area contributed by atoms with Crippen LogP contribution >= 0.6 is 0 Å². The third-order valence-corrected chi connectivity index (χ3v) is 5.32. The number of carbonyl (C=O) groups is 2. The van der Waals surface area contributed by atoms with Crippen LogP contribution in [0, 0.1) is 11.8 Å². The Balaban J connectivity index is 1.47. The molecule has 1 aromatic rings. The second-order valence-electron chi connectivity index (χ2n) is 6.54. The lowest BCUT2D eigenvalue weighted by molar-refractivity contribution is -0.163. The van der Waals surface area contributed by atoms with Gasteiger partial charge >= 0.3 is 5.97 Å². The first-order valence-corrected chi connectivity index (χ1v) is 7.94. The minimum absolute atomic E-state index is 0.0252. The van der Waals surface area contributed by atoms with Crippen molar-refractivity contribution in [3.05, 3.63) is 46.5 Å². The Hall–Kier alpha value is -2.14. The largest absolute Gasteiger partial charge is 0.428 e. The monoisotopic (exact) mass is 313 g/mol. The second kappa shape index (κ2) is 5.20. The summed E-state index contributed by atoms with van der Waals surface area (Å²) in [6, 6.07) is 8.32. The second-order valence-corrected chi connectivity index (χ2v) is 6.54. The van der Waals surface area contributed by atoms with E-state index < -0.39 is 6.29 Å². The Morgan fingerprint density at radius 1 is 1.26 bits per heavy atom. The first-order chi connectivity index (χ1) is 11.1. The summed E-state index contributed by atoms with van der Waals surface area (Å²) in [6.45, 7) is 3.82. The molecule has 23 heavy (non-hydrogen) atoms. The zero-order valence-corrected chi connectivity index (χ0v) is 13.2. The van der Waals surface area contributed by atoms with E-state index in [0.717, 1.165) is 12.0 Å². The predicted octanol–water partition coefficient (Wildman–Crippen LogP) is 1.88. The molecule has 0 aromatic heterocycles.